The Morgan fingerprint density at radius 3 is 2.35 bits per heavy atom. The first-order chi connectivity index (χ1) is 16.4. The predicted molar refractivity (Wildman–Crippen MR) is 134 cm³/mol. The third-order valence-corrected chi connectivity index (χ3v) is 5.43. The van der Waals surface area contributed by atoms with Crippen LogP contribution in [-0.4, -0.2) is 65.7 Å². The number of methoxy groups -OCH3 is 1. The molecule has 0 radical (unpaired) electrons. The van der Waals surface area contributed by atoms with E-state index in [1.165, 1.54) is 0 Å². The summed E-state index contributed by atoms with van der Waals surface area (Å²) in [6.07, 6.45) is 0.185. The molecule has 1 aliphatic heterocycles. The van der Waals surface area contributed by atoms with Gasteiger partial charge in [0.25, 0.3) is 0 Å². The van der Waals surface area contributed by atoms with Crippen LogP contribution in [0.5, 0.6) is 5.75 Å². The number of nitrogens with two attached hydrogens (primary N) is 1. The normalized spacial score (nSPS) is 17.9. The molecule has 0 spiro atoms. The van der Waals surface area contributed by atoms with Crippen LogP contribution in [0, 0.1) is 0 Å². The molecular weight excluding hydrogens is 434 g/mol. The second-order valence-electron chi connectivity index (χ2n) is 8.11. The lowest BCUT2D eigenvalue weighted by Gasteiger charge is -2.35. The van der Waals surface area contributed by atoms with Gasteiger partial charge in [-0.1, -0.05) is 0 Å². The van der Waals surface area contributed by atoms with Gasteiger partial charge in [0, 0.05) is 37.4 Å². The molecule has 184 valence electrons. The molecule has 0 unspecified atom stereocenters. The molecule has 0 bridgehead atoms. The van der Waals surface area contributed by atoms with Crippen LogP contribution in [0.25, 0.3) is 22.3 Å². The van der Waals surface area contributed by atoms with Gasteiger partial charge in [-0.3, -0.25) is 0 Å². The Balaban J connectivity index is 0.000000588. The number of pyridine rings is 1. The van der Waals surface area contributed by atoms with E-state index in [4.69, 9.17) is 24.9 Å². The van der Waals surface area contributed by atoms with Crippen molar-refractivity contribution in [2.24, 2.45) is 0 Å². The molecule has 1 aromatic carbocycles. The van der Waals surface area contributed by atoms with Crippen molar-refractivity contribution in [1.82, 2.24) is 15.0 Å². The van der Waals surface area contributed by atoms with Crippen molar-refractivity contribution in [2.75, 3.05) is 44.0 Å². The second kappa shape index (κ2) is 11.9. The maximum absolute atomic E-state index is 9.60. The number of aliphatic hydroxyl groups is 1. The summed E-state index contributed by atoms with van der Waals surface area (Å²) in [5.41, 5.74) is 9.05. The monoisotopic (exact) mass is 469 g/mol. The summed E-state index contributed by atoms with van der Waals surface area (Å²) in [6, 6.07) is 9.35. The highest BCUT2D eigenvalue weighted by Crippen LogP contribution is 2.29. The van der Waals surface area contributed by atoms with Crippen LogP contribution < -0.4 is 15.4 Å². The lowest BCUT2D eigenvalue weighted by molar-refractivity contribution is -0.00569. The average molecular weight is 470 g/mol. The summed E-state index contributed by atoms with van der Waals surface area (Å²) in [6.45, 7) is 11.0. The highest BCUT2D eigenvalue weighted by Gasteiger charge is 2.25. The highest BCUT2D eigenvalue weighted by molar-refractivity contribution is 5.88. The third kappa shape index (κ3) is 6.11. The Morgan fingerprint density at radius 1 is 1.06 bits per heavy atom. The fourth-order valence-electron chi connectivity index (χ4n) is 3.93. The Morgan fingerprint density at radius 2 is 1.76 bits per heavy atom. The predicted octanol–water partition coefficient (Wildman–Crippen LogP) is 3.43. The minimum absolute atomic E-state index is 0.0924. The molecule has 2 atom stereocenters. The molecule has 34 heavy (non-hydrogen) atoms. The second-order valence-corrected chi connectivity index (χ2v) is 8.11. The number of anilines is 2. The molecular formula is C25H35N5O4. The topological polar surface area (TPSA) is 116 Å². The van der Waals surface area contributed by atoms with Crippen LogP contribution in [0.3, 0.4) is 0 Å². The van der Waals surface area contributed by atoms with E-state index in [9.17, 15) is 5.11 Å². The van der Waals surface area contributed by atoms with Crippen molar-refractivity contribution in [3.63, 3.8) is 0 Å². The van der Waals surface area contributed by atoms with Gasteiger partial charge in [-0.2, -0.15) is 9.97 Å². The van der Waals surface area contributed by atoms with E-state index in [0.29, 0.717) is 47.2 Å². The van der Waals surface area contributed by atoms with Crippen LogP contribution >= 0.6 is 0 Å². The number of nitrogens with zero attached hydrogens (tertiary/aromatic N) is 4. The Bertz CT molecular complexity index is 1080. The van der Waals surface area contributed by atoms with E-state index < -0.39 is 0 Å². The number of aromatic nitrogens is 3. The molecule has 4 rings (SSSR count). The van der Waals surface area contributed by atoms with E-state index >= 15 is 0 Å². The Hall–Kier alpha value is -3.01. The van der Waals surface area contributed by atoms with Crippen molar-refractivity contribution >= 4 is 22.8 Å². The molecule has 3 N–H and O–H groups in total. The van der Waals surface area contributed by atoms with Gasteiger partial charge in [-0.05, 0) is 58.0 Å². The van der Waals surface area contributed by atoms with E-state index in [1.54, 1.807) is 7.11 Å². The number of fused-ring (bicyclic) bond motifs is 1. The fourth-order valence-corrected chi connectivity index (χ4v) is 3.93. The number of hydrogen-bond donors (Lipinski definition) is 2. The van der Waals surface area contributed by atoms with Gasteiger partial charge in [0.1, 0.15) is 11.6 Å². The standard InChI is InChI=1S/C21H25N5O3.C4H10O/c1-12-9-26(10-13(2)29-12)21-24-19(22)16-5-6-17(23-20(16)25-21)14-4-7-18(28-3)15(8-14)11-27;1-3-5-4-2/h4-8,12-13,27H,9-11H2,1-3H3,(H2,22,23,24,25);3-4H2,1-2H3/t12-,13+;. The zero-order valence-corrected chi connectivity index (χ0v) is 20.6. The largest absolute Gasteiger partial charge is 0.496 e. The first-order valence-corrected chi connectivity index (χ1v) is 11.6. The van der Waals surface area contributed by atoms with Gasteiger partial charge in [-0.15, -0.1) is 0 Å². The lowest BCUT2D eigenvalue weighted by Crippen LogP contribution is -2.46. The molecule has 0 saturated carbocycles. The number of nitrogen functional groups attached to an aromatic ring is 1. The molecule has 9 heteroatoms. The summed E-state index contributed by atoms with van der Waals surface area (Å²) in [5, 5.41) is 10.3. The molecule has 0 amide bonds. The Kier molecular flexibility index (Phi) is 8.98. The van der Waals surface area contributed by atoms with Crippen molar-refractivity contribution in [2.45, 2.75) is 46.5 Å². The summed E-state index contributed by atoms with van der Waals surface area (Å²) in [4.78, 5) is 16.0. The first kappa shape index (κ1) is 25.6. The van der Waals surface area contributed by atoms with Crippen LogP contribution in [0.4, 0.5) is 11.8 Å². The number of morpholine rings is 1. The molecule has 3 aromatic rings. The number of aliphatic hydroxyl groups excluding tert-OH is 1. The number of benzene rings is 1. The smallest absolute Gasteiger partial charge is 0.229 e. The van der Waals surface area contributed by atoms with Crippen LogP contribution in [0.1, 0.15) is 33.3 Å². The minimum atomic E-state index is -0.114. The summed E-state index contributed by atoms with van der Waals surface area (Å²) < 4.78 is 15.9. The molecule has 1 fully saturated rings. The summed E-state index contributed by atoms with van der Waals surface area (Å²) in [7, 11) is 1.58. The Labute approximate surface area is 200 Å². The van der Waals surface area contributed by atoms with Crippen LogP contribution in [-0.2, 0) is 16.1 Å². The SMILES string of the molecule is CCOCC.COc1ccc(-c2ccc3c(N)nc(N4C[C@@H](C)O[C@@H](C)C4)nc3n2)cc1CO. The van der Waals surface area contributed by atoms with E-state index in [1.807, 2.05) is 58.0 Å². The maximum atomic E-state index is 9.60. The number of ether oxygens (including phenoxy) is 3. The first-order valence-electron chi connectivity index (χ1n) is 11.6. The molecule has 1 aliphatic rings. The van der Waals surface area contributed by atoms with E-state index in [0.717, 1.165) is 24.5 Å². The van der Waals surface area contributed by atoms with Gasteiger partial charge in [-0.25, -0.2) is 4.98 Å². The van der Waals surface area contributed by atoms with Crippen molar-refractivity contribution in [1.29, 1.82) is 0 Å². The van der Waals surface area contributed by atoms with Gasteiger partial charge in [0.15, 0.2) is 5.65 Å². The zero-order chi connectivity index (χ0) is 24.7. The molecule has 2 aromatic heterocycles. The summed E-state index contributed by atoms with van der Waals surface area (Å²) in [5.74, 6) is 1.61. The third-order valence-electron chi connectivity index (χ3n) is 5.43. The fraction of sp³-hybridized carbons (Fsp3) is 0.480. The zero-order valence-electron chi connectivity index (χ0n) is 20.6. The molecule has 3 heterocycles. The molecule has 1 saturated heterocycles. The summed E-state index contributed by atoms with van der Waals surface area (Å²) >= 11 is 0. The highest BCUT2D eigenvalue weighted by atomic mass is 16.5. The maximum Gasteiger partial charge on any atom is 0.229 e. The van der Waals surface area contributed by atoms with Gasteiger partial charge in [0.05, 0.1) is 37.0 Å². The quantitative estimate of drug-likeness (QED) is 0.560. The average Bonchev–Trinajstić information content (AvgIpc) is 2.83. The number of rotatable bonds is 6. The van der Waals surface area contributed by atoms with Crippen LogP contribution in [0.2, 0.25) is 0 Å². The van der Waals surface area contributed by atoms with Crippen LogP contribution in [0.15, 0.2) is 30.3 Å². The molecule has 0 aliphatic carbocycles. The van der Waals surface area contributed by atoms with Crippen molar-refractivity contribution in [3.05, 3.63) is 35.9 Å². The number of hydrogen-bond acceptors (Lipinski definition) is 9. The van der Waals surface area contributed by atoms with Crippen molar-refractivity contribution < 1.29 is 19.3 Å². The van der Waals surface area contributed by atoms with E-state index in [-0.39, 0.29) is 18.8 Å². The van der Waals surface area contributed by atoms with Gasteiger partial charge >= 0.3 is 0 Å². The van der Waals surface area contributed by atoms with Crippen molar-refractivity contribution in [3.8, 4) is 17.0 Å². The van der Waals surface area contributed by atoms with Gasteiger partial charge < -0.3 is 30.0 Å². The lowest BCUT2D eigenvalue weighted by atomic mass is 10.1. The molecule has 9 nitrogen and oxygen atoms in total. The van der Waals surface area contributed by atoms with E-state index in [2.05, 4.69) is 14.9 Å². The minimum Gasteiger partial charge on any atom is -0.496 e. The van der Waals surface area contributed by atoms with Gasteiger partial charge in [0.2, 0.25) is 5.95 Å².